The lowest BCUT2D eigenvalue weighted by molar-refractivity contribution is 0.0414. The Labute approximate surface area is 227 Å². The Hall–Kier alpha value is -3.86. The Morgan fingerprint density at radius 3 is 2.56 bits per heavy atom. The molecule has 1 atom stereocenters. The first-order chi connectivity index (χ1) is 18.9. The topological polar surface area (TPSA) is 104 Å². The fraction of sp³-hybridized carbons (Fsp3) is 0.464. The summed E-state index contributed by atoms with van der Waals surface area (Å²) in [5.74, 6) is 2.55. The van der Waals surface area contributed by atoms with Crippen molar-refractivity contribution in [3.63, 3.8) is 0 Å². The van der Waals surface area contributed by atoms with Gasteiger partial charge in [-0.3, -0.25) is 10.00 Å². The normalized spacial score (nSPS) is 18.4. The third kappa shape index (κ3) is 5.49. The molecule has 4 aromatic rings. The fourth-order valence-electron chi connectivity index (χ4n) is 5.95. The average molecular weight is 531 g/mol. The summed E-state index contributed by atoms with van der Waals surface area (Å²) >= 11 is 0. The van der Waals surface area contributed by atoms with E-state index in [0.29, 0.717) is 11.2 Å². The lowest BCUT2D eigenvalue weighted by atomic mass is 9.72. The molecule has 2 N–H and O–H groups in total. The minimum Gasteiger partial charge on any atom is -0.341 e. The minimum absolute atomic E-state index is 0.260. The molecular weight excluding hydrogens is 495 g/mol. The SMILES string of the molecule is Cc1cc(Nc2cc(C)[nH]n2)nc(N2CCC3(CCCN(C(C)c4ccc(-n5cc(F)cn5)nc4)C3)CC2)n1. The van der Waals surface area contributed by atoms with Gasteiger partial charge in [0.15, 0.2) is 17.5 Å². The van der Waals surface area contributed by atoms with Crippen LogP contribution in [0.15, 0.2) is 42.9 Å². The summed E-state index contributed by atoms with van der Waals surface area (Å²) in [6, 6.07) is 8.17. The van der Waals surface area contributed by atoms with Gasteiger partial charge in [-0.05, 0) is 70.0 Å². The zero-order valence-electron chi connectivity index (χ0n) is 22.7. The minimum atomic E-state index is -0.367. The second kappa shape index (κ2) is 10.4. The smallest absolute Gasteiger partial charge is 0.227 e. The zero-order valence-corrected chi connectivity index (χ0v) is 22.7. The number of H-pyrrole nitrogens is 1. The highest BCUT2D eigenvalue weighted by atomic mass is 19.1. The molecule has 2 fully saturated rings. The maximum Gasteiger partial charge on any atom is 0.227 e. The molecule has 204 valence electrons. The molecule has 0 saturated carbocycles. The molecule has 10 nitrogen and oxygen atoms in total. The monoisotopic (exact) mass is 530 g/mol. The van der Waals surface area contributed by atoms with Gasteiger partial charge in [0.1, 0.15) is 5.82 Å². The summed E-state index contributed by atoms with van der Waals surface area (Å²) in [6.45, 7) is 10.3. The molecule has 1 unspecified atom stereocenters. The van der Waals surface area contributed by atoms with Crippen LogP contribution in [0.3, 0.4) is 0 Å². The molecule has 6 heterocycles. The molecule has 0 amide bonds. The van der Waals surface area contributed by atoms with Crippen LogP contribution < -0.4 is 10.2 Å². The van der Waals surface area contributed by atoms with Gasteiger partial charge in [0.25, 0.3) is 0 Å². The number of nitrogens with zero attached hydrogens (tertiary/aromatic N) is 8. The molecule has 11 heteroatoms. The highest BCUT2D eigenvalue weighted by Crippen LogP contribution is 2.42. The quantitative estimate of drug-likeness (QED) is 0.369. The maximum atomic E-state index is 13.3. The van der Waals surface area contributed by atoms with E-state index in [4.69, 9.17) is 9.97 Å². The lowest BCUT2D eigenvalue weighted by Crippen LogP contribution is -2.50. The molecule has 4 aromatic heterocycles. The van der Waals surface area contributed by atoms with Crippen LogP contribution in [-0.2, 0) is 0 Å². The van der Waals surface area contributed by atoms with Gasteiger partial charge in [-0.2, -0.15) is 15.2 Å². The van der Waals surface area contributed by atoms with Crippen molar-refractivity contribution in [2.75, 3.05) is 36.4 Å². The predicted molar refractivity (Wildman–Crippen MR) is 148 cm³/mol. The Morgan fingerprint density at radius 1 is 1.03 bits per heavy atom. The van der Waals surface area contributed by atoms with Crippen LogP contribution in [0.2, 0.25) is 0 Å². The van der Waals surface area contributed by atoms with Crippen LogP contribution in [0.25, 0.3) is 5.82 Å². The van der Waals surface area contributed by atoms with Crippen LogP contribution in [0.1, 0.15) is 55.6 Å². The van der Waals surface area contributed by atoms with Gasteiger partial charge in [-0.25, -0.2) is 19.0 Å². The van der Waals surface area contributed by atoms with Crippen LogP contribution in [0.5, 0.6) is 0 Å². The molecule has 0 aliphatic carbocycles. The van der Waals surface area contributed by atoms with Crippen LogP contribution in [0.4, 0.5) is 22.0 Å². The summed E-state index contributed by atoms with van der Waals surface area (Å²) in [6.07, 6.45) is 9.12. The van der Waals surface area contributed by atoms with Gasteiger partial charge in [-0.15, -0.1) is 0 Å². The number of pyridine rings is 1. The number of halogens is 1. The largest absolute Gasteiger partial charge is 0.341 e. The second-order valence-corrected chi connectivity index (χ2v) is 11.0. The molecule has 2 aliphatic heterocycles. The number of aryl methyl sites for hydroxylation is 2. The van der Waals surface area contributed by atoms with Crippen molar-refractivity contribution in [1.29, 1.82) is 0 Å². The Kier molecular flexibility index (Phi) is 6.76. The van der Waals surface area contributed by atoms with Crippen molar-refractivity contribution in [3.05, 3.63) is 65.6 Å². The van der Waals surface area contributed by atoms with E-state index in [1.54, 1.807) is 0 Å². The van der Waals surface area contributed by atoms with E-state index < -0.39 is 0 Å². The molecule has 1 spiro atoms. The summed E-state index contributed by atoms with van der Waals surface area (Å²) < 4.78 is 14.8. The molecular formula is C28H35FN10. The third-order valence-electron chi connectivity index (χ3n) is 8.19. The first-order valence-corrected chi connectivity index (χ1v) is 13.7. The number of aromatic amines is 1. The average Bonchev–Trinajstić information content (AvgIpc) is 3.56. The molecule has 0 aromatic carbocycles. The molecule has 6 rings (SSSR count). The van der Waals surface area contributed by atoms with E-state index in [1.165, 1.54) is 35.5 Å². The second-order valence-electron chi connectivity index (χ2n) is 11.0. The number of rotatable bonds is 6. The summed E-state index contributed by atoms with van der Waals surface area (Å²) in [4.78, 5) is 19.0. The van der Waals surface area contributed by atoms with Gasteiger partial charge < -0.3 is 10.2 Å². The first kappa shape index (κ1) is 25.4. The van der Waals surface area contributed by atoms with Crippen LogP contribution in [0, 0.1) is 25.1 Å². The van der Waals surface area contributed by atoms with E-state index in [-0.39, 0.29) is 11.9 Å². The van der Waals surface area contributed by atoms with Gasteiger partial charge in [0, 0.05) is 55.4 Å². The third-order valence-corrected chi connectivity index (χ3v) is 8.19. The summed E-state index contributed by atoms with van der Waals surface area (Å²) in [5.41, 5.74) is 3.41. The first-order valence-electron chi connectivity index (χ1n) is 13.7. The highest BCUT2D eigenvalue weighted by molar-refractivity contribution is 5.54. The summed E-state index contributed by atoms with van der Waals surface area (Å²) in [5, 5.41) is 14.5. The number of hydrogen-bond acceptors (Lipinski definition) is 8. The zero-order chi connectivity index (χ0) is 27.0. The van der Waals surface area contributed by atoms with Gasteiger partial charge in [-0.1, -0.05) is 6.07 Å². The lowest BCUT2D eigenvalue weighted by Gasteiger charge is -2.49. The van der Waals surface area contributed by atoms with Crippen molar-refractivity contribution >= 4 is 17.6 Å². The van der Waals surface area contributed by atoms with E-state index in [1.807, 2.05) is 38.2 Å². The molecule has 39 heavy (non-hydrogen) atoms. The number of nitrogens with one attached hydrogen (secondary N) is 2. The van der Waals surface area contributed by atoms with Crippen molar-refractivity contribution < 1.29 is 4.39 Å². The van der Waals surface area contributed by atoms with Crippen molar-refractivity contribution in [2.45, 2.75) is 52.5 Å². The molecule has 2 saturated heterocycles. The molecule has 2 aliphatic rings. The maximum absolute atomic E-state index is 13.3. The van der Waals surface area contributed by atoms with Crippen molar-refractivity contribution in [2.24, 2.45) is 5.41 Å². The predicted octanol–water partition coefficient (Wildman–Crippen LogP) is 4.72. The van der Waals surface area contributed by atoms with E-state index >= 15 is 0 Å². The Balaban J connectivity index is 1.10. The van der Waals surface area contributed by atoms with Crippen molar-refractivity contribution in [3.8, 4) is 5.82 Å². The van der Waals surface area contributed by atoms with Crippen LogP contribution in [-0.4, -0.2) is 66.0 Å². The number of piperidine rings is 2. The number of aromatic nitrogens is 7. The number of likely N-dealkylation sites (tertiary alicyclic amines) is 1. The Morgan fingerprint density at radius 2 is 1.87 bits per heavy atom. The standard InChI is InChI=1S/C28H35FN10/c1-19-13-24(33-25-14-20(2)35-36-25)34-27(32-19)37-11-8-28(9-12-37)7-4-10-38(18-28)21(3)22-5-6-26(30-15-22)39-17-23(29)16-31-39/h5-6,13-17,21H,4,7-12,18H2,1-3H3,(H2,32,33,34,35,36). The van der Waals surface area contributed by atoms with Crippen molar-refractivity contribution in [1.82, 2.24) is 39.8 Å². The summed E-state index contributed by atoms with van der Waals surface area (Å²) in [7, 11) is 0. The fourth-order valence-corrected chi connectivity index (χ4v) is 5.95. The molecule has 0 bridgehead atoms. The van der Waals surface area contributed by atoms with Crippen LogP contribution >= 0.6 is 0 Å². The van der Waals surface area contributed by atoms with E-state index in [2.05, 4.69) is 48.4 Å². The molecule has 0 radical (unpaired) electrons. The van der Waals surface area contributed by atoms with Gasteiger partial charge >= 0.3 is 0 Å². The highest BCUT2D eigenvalue weighted by Gasteiger charge is 2.40. The number of anilines is 3. The number of hydrogen-bond donors (Lipinski definition) is 2. The Bertz CT molecular complexity index is 1420. The van der Waals surface area contributed by atoms with Gasteiger partial charge in [0.2, 0.25) is 5.95 Å². The van der Waals surface area contributed by atoms with Gasteiger partial charge in [0.05, 0.1) is 12.4 Å². The van der Waals surface area contributed by atoms with E-state index in [9.17, 15) is 4.39 Å². The van der Waals surface area contributed by atoms with E-state index in [0.717, 1.165) is 68.0 Å².